The van der Waals surface area contributed by atoms with Crippen molar-refractivity contribution in [1.29, 1.82) is 0 Å². The van der Waals surface area contributed by atoms with Crippen molar-refractivity contribution in [1.82, 2.24) is 0 Å². The molecule has 0 heterocycles. The van der Waals surface area contributed by atoms with E-state index in [-0.39, 0.29) is 16.1 Å². The molecule has 0 aromatic heterocycles. The molecule has 0 bridgehead atoms. The highest BCUT2D eigenvalue weighted by molar-refractivity contribution is 7.92. The number of carbonyl (C=O) groups excluding carboxylic acids is 1. The van der Waals surface area contributed by atoms with Gasteiger partial charge in [0.05, 0.1) is 22.9 Å². The first-order valence-electron chi connectivity index (χ1n) is 9.21. The maximum atomic E-state index is 14.1. The molecule has 30 heavy (non-hydrogen) atoms. The number of sulfonamides is 1. The van der Waals surface area contributed by atoms with Crippen LogP contribution in [0, 0.1) is 5.82 Å². The summed E-state index contributed by atoms with van der Waals surface area (Å²) in [6.45, 7) is 2.27. The van der Waals surface area contributed by atoms with Crippen molar-refractivity contribution in [2.75, 3.05) is 23.3 Å². The Bertz CT molecular complexity index is 1170. The summed E-state index contributed by atoms with van der Waals surface area (Å²) in [6, 6.07) is 18.1. The van der Waals surface area contributed by atoms with E-state index in [1.54, 1.807) is 30.3 Å². The average Bonchev–Trinajstić information content (AvgIpc) is 2.75. The number of ether oxygens (including phenoxy) is 1. The lowest BCUT2D eigenvalue weighted by Crippen LogP contribution is -2.27. The van der Waals surface area contributed by atoms with Gasteiger partial charge >= 0.3 is 0 Å². The number of nitrogens with zero attached hydrogens (tertiary/aromatic N) is 1. The van der Waals surface area contributed by atoms with E-state index in [0.29, 0.717) is 18.0 Å². The molecule has 0 saturated heterocycles. The van der Waals surface area contributed by atoms with Crippen molar-refractivity contribution in [2.24, 2.45) is 0 Å². The zero-order chi connectivity index (χ0) is 21.7. The first kappa shape index (κ1) is 21.3. The molecule has 0 fully saturated rings. The third-order valence-corrected chi connectivity index (χ3v) is 6.15. The van der Waals surface area contributed by atoms with Gasteiger partial charge in [-0.05, 0) is 49.4 Å². The maximum Gasteiger partial charge on any atom is 0.264 e. The molecule has 156 valence electrons. The summed E-state index contributed by atoms with van der Waals surface area (Å²) in [5.41, 5.74) is 0.531. The van der Waals surface area contributed by atoms with Gasteiger partial charge in [-0.3, -0.25) is 9.10 Å². The molecule has 1 N–H and O–H groups in total. The van der Waals surface area contributed by atoms with Crippen LogP contribution in [0.3, 0.4) is 0 Å². The second kappa shape index (κ2) is 8.96. The quantitative estimate of drug-likeness (QED) is 0.609. The van der Waals surface area contributed by atoms with Crippen LogP contribution in [0.2, 0.25) is 0 Å². The summed E-state index contributed by atoms with van der Waals surface area (Å²) in [7, 11) is -2.81. The van der Waals surface area contributed by atoms with Crippen LogP contribution in [-0.2, 0) is 10.0 Å². The number of carbonyl (C=O) groups is 1. The van der Waals surface area contributed by atoms with Crippen LogP contribution >= 0.6 is 0 Å². The average molecular weight is 428 g/mol. The first-order valence-corrected chi connectivity index (χ1v) is 10.6. The minimum Gasteiger partial charge on any atom is -0.492 e. The van der Waals surface area contributed by atoms with Crippen molar-refractivity contribution < 1.29 is 22.3 Å². The predicted molar refractivity (Wildman–Crippen MR) is 114 cm³/mol. The first-order chi connectivity index (χ1) is 14.3. The maximum absolute atomic E-state index is 14.1. The van der Waals surface area contributed by atoms with E-state index in [2.05, 4.69) is 5.32 Å². The zero-order valence-corrected chi connectivity index (χ0v) is 17.3. The molecular formula is C22H21FN2O4S. The molecule has 3 aromatic rings. The minimum absolute atomic E-state index is 0.0852. The number of amides is 1. The molecule has 1 amide bonds. The third-order valence-electron chi connectivity index (χ3n) is 4.38. The Labute approximate surface area is 175 Å². The van der Waals surface area contributed by atoms with E-state index in [0.717, 1.165) is 4.31 Å². The summed E-state index contributed by atoms with van der Waals surface area (Å²) in [5.74, 6) is -0.644. The third kappa shape index (κ3) is 4.44. The number of hydrogen-bond acceptors (Lipinski definition) is 4. The lowest BCUT2D eigenvalue weighted by molar-refractivity contribution is 0.102. The highest BCUT2D eigenvalue weighted by atomic mass is 32.2. The van der Waals surface area contributed by atoms with Crippen molar-refractivity contribution in [3.63, 3.8) is 0 Å². The Kier molecular flexibility index (Phi) is 6.37. The minimum atomic E-state index is -4.07. The zero-order valence-electron chi connectivity index (χ0n) is 16.5. The monoisotopic (exact) mass is 428 g/mol. The number of benzene rings is 3. The standard InChI is InChI=1S/C22H21FN2O4S/c1-3-29-21-14-7-5-12-19(21)24-22(26)16-9-8-10-17(15-16)30(27,28)25(2)20-13-6-4-11-18(20)23/h4-15H,3H2,1-2H3,(H,24,26). The van der Waals surface area contributed by atoms with Crippen LogP contribution in [0.5, 0.6) is 5.75 Å². The van der Waals surface area contributed by atoms with E-state index >= 15 is 0 Å². The van der Waals surface area contributed by atoms with Crippen LogP contribution in [0.4, 0.5) is 15.8 Å². The number of rotatable bonds is 7. The van der Waals surface area contributed by atoms with Gasteiger partial charge in [0.2, 0.25) is 0 Å². The summed E-state index contributed by atoms with van der Waals surface area (Å²) < 4.78 is 46.3. The van der Waals surface area contributed by atoms with Gasteiger partial charge in [-0.1, -0.05) is 30.3 Å². The molecular weight excluding hydrogens is 407 g/mol. The fraction of sp³-hybridized carbons (Fsp3) is 0.136. The lowest BCUT2D eigenvalue weighted by Gasteiger charge is -2.20. The molecule has 0 unspecified atom stereocenters. The molecule has 6 nitrogen and oxygen atoms in total. The fourth-order valence-electron chi connectivity index (χ4n) is 2.84. The van der Waals surface area contributed by atoms with Crippen molar-refractivity contribution in [3.8, 4) is 5.75 Å². The van der Waals surface area contributed by atoms with Crippen molar-refractivity contribution >= 4 is 27.3 Å². The number of para-hydroxylation sites is 3. The number of nitrogens with one attached hydrogen (secondary N) is 1. The molecule has 3 aromatic carbocycles. The molecule has 0 aliphatic heterocycles. The van der Waals surface area contributed by atoms with E-state index in [9.17, 15) is 17.6 Å². The van der Waals surface area contributed by atoms with Gasteiger partial charge in [-0.25, -0.2) is 12.8 Å². The van der Waals surface area contributed by atoms with Gasteiger partial charge in [0.25, 0.3) is 15.9 Å². The van der Waals surface area contributed by atoms with Crippen molar-refractivity contribution in [3.05, 3.63) is 84.2 Å². The van der Waals surface area contributed by atoms with Gasteiger partial charge < -0.3 is 10.1 Å². The van der Waals surface area contributed by atoms with Crippen molar-refractivity contribution in [2.45, 2.75) is 11.8 Å². The Morgan fingerprint density at radius 2 is 1.73 bits per heavy atom. The van der Waals surface area contributed by atoms with Crippen LogP contribution in [-0.4, -0.2) is 28.0 Å². The smallest absolute Gasteiger partial charge is 0.264 e. The van der Waals surface area contributed by atoms with E-state index in [1.807, 2.05) is 6.92 Å². The lowest BCUT2D eigenvalue weighted by atomic mass is 10.2. The van der Waals surface area contributed by atoms with Crippen LogP contribution < -0.4 is 14.4 Å². The molecule has 8 heteroatoms. The van der Waals surface area contributed by atoms with E-state index < -0.39 is 21.7 Å². The molecule has 3 rings (SSSR count). The Hall–Kier alpha value is -3.39. The fourth-order valence-corrected chi connectivity index (χ4v) is 4.09. The number of anilines is 2. The SMILES string of the molecule is CCOc1ccccc1NC(=O)c1cccc(S(=O)(=O)N(C)c2ccccc2F)c1. The van der Waals surface area contributed by atoms with Gasteiger partial charge in [-0.15, -0.1) is 0 Å². The largest absolute Gasteiger partial charge is 0.492 e. The van der Waals surface area contributed by atoms with E-state index in [1.165, 1.54) is 49.5 Å². The van der Waals surface area contributed by atoms with Gasteiger partial charge in [0.15, 0.2) is 0 Å². The molecule has 0 spiro atoms. The molecule has 0 saturated carbocycles. The van der Waals surface area contributed by atoms with Gasteiger partial charge in [0, 0.05) is 12.6 Å². The number of halogens is 1. The molecule has 0 atom stereocenters. The normalized spacial score (nSPS) is 11.0. The Morgan fingerprint density at radius 3 is 2.47 bits per heavy atom. The van der Waals surface area contributed by atoms with Crippen LogP contribution in [0.25, 0.3) is 0 Å². The molecule has 0 aliphatic carbocycles. The van der Waals surface area contributed by atoms with Gasteiger partial charge in [0.1, 0.15) is 11.6 Å². The molecule has 0 aliphatic rings. The Morgan fingerprint density at radius 1 is 1.03 bits per heavy atom. The summed E-state index contributed by atoms with van der Waals surface area (Å²) >= 11 is 0. The van der Waals surface area contributed by atoms with Crippen LogP contribution in [0.1, 0.15) is 17.3 Å². The highest BCUT2D eigenvalue weighted by Crippen LogP contribution is 2.27. The van der Waals surface area contributed by atoms with Crippen LogP contribution in [0.15, 0.2) is 77.7 Å². The van der Waals surface area contributed by atoms with E-state index in [4.69, 9.17) is 4.74 Å². The second-order valence-corrected chi connectivity index (χ2v) is 8.30. The second-order valence-electron chi connectivity index (χ2n) is 6.34. The summed E-state index contributed by atoms with van der Waals surface area (Å²) in [4.78, 5) is 12.6. The summed E-state index contributed by atoms with van der Waals surface area (Å²) in [6.07, 6.45) is 0. The van der Waals surface area contributed by atoms with Gasteiger partial charge in [-0.2, -0.15) is 0 Å². The molecule has 0 radical (unpaired) electrons. The Balaban J connectivity index is 1.89. The summed E-state index contributed by atoms with van der Waals surface area (Å²) in [5, 5.41) is 2.73. The highest BCUT2D eigenvalue weighted by Gasteiger charge is 2.24. The number of hydrogen-bond donors (Lipinski definition) is 1. The predicted octanol–water partition coefficient (Wildman–Crippen LogP) is 4.30. The topological polar surface area (TPSA) is 75.7 Å².